The lowest BCUT2D eigenvalue weighted by atomic mass is 9.98. The summed E-state index contributed by atoms with van der Waals surface area (Å²) >= 11 is 0. The molecule has 118 valence electrons. The number of carbonyl (C=O) groups excluding carboxylic acids is 2. The number of hydrogen-bond donors (Lipinski definition) is 2. The second-order valence-corrected chi connectivity index (χ2v) is 5.20. The van der Waals surface area contributed by atoms with E-state index in [0.29, 0.717) is 25.6 Å². The molecule has 3 amide bonds. The molecule has 0 aromatic carbocycles. The molecule has 0 saturated carbocycles. The molecule has 21 heavy (non-hydrogen) atoms. The SMILES string of the molecule is COCC1CCN(C(=O)NC(=O)C(C)=C(C)C(=O)O)CC1. The molecule has 0 aromatic rings. The molecule has 1 aliphatic rings. The lowest BCUT2D eigenvalue weighted by Crippen LogP contribution is -2.47. The minimum Gasteiger partial charge on any atom is -0.478 e. The third-order valence-corrected chi connectivity index (χ3v) is 3.75. The largest absolute Gasteiger partial charge is 0.478 e. The number of aliphatic carboxylic acids is 1. The summed E-state index contributed by atoms with van der Waals surface area (Å²) in [6, 6.07) is -0.478. The van der Waals surface area contributed by atoms with Gasteiger partial charge in [-0.1, -0.05) is 0 Å². The van der Waals surface area contributed by atoms with Crippen molar-refractivity contribution in [3.05, 3.63) is 11.1 Å². The first-order valence-electron chi connectivity index (χ1n) is 6.86. The Labute approximate surface area is 123 Å². The number of carboxylic acid groups (broad SMARTS) is 1. The van der Waals surface area contributed by atoms with Crippen LogP contribution in [0.25, 0.3) is 0 Å². The molecule has 0 aromatic heterocycles. The monoisotopic (exact) mass is 298 g/mol. The quantitative estimate of drug-likeness (QED) is 0.755. The van der Waals surface area contributed by atoms with Crippen LogP contribution in [-0.2, 0) is 14.3 Å². The second-order valence-electron chi connectivity index (χ2n) is 5.20. The van der Waals surface area contributed by atoms with Gasteiger partial charge in [0, 0.05) is 38.0 Å². The van der Waals surface area contributed by atoms with E-state index in [4.69, 9.17) is 9.84 Å². The smallest absolute Gasteiger partial charge is 0.331 e. The van der Waals surface area contributed by atoms with Gasteiger partial charge in [-0.05, 0) is 32.6 Å². The van der Waals surface area contributed by atoms with Gasteiger partial charge in [0.05, 0.1) is 0 Å². The van der Waals surface area contributed by atoms with Crippen LogP contribution in [0.4, 0.5) is 4.79 Å². The first kappa shape index (κ1) is 17.2. The molecule has 7 heteroatoms. The van der Waals surface area contributed by atoms with Gasteiger partial charge in [0.1, 0.15) is 0 Å². The van der Waals surface area contributed by atoms with Gasteiger partial charge in [0.15, 0.2) is 0 Å². The fourth-order valence-corrected chi connectivity index (χ4v) is 2.14. The van der Waals surface area contributed by atoms with E-state index in [2.05, 4.69) is 5.32 Å². The molecule has 0 unspecified atom stereocenters. The topological polar surface area (TPSA) is 95.9 Å². The van der Waals surface area contributed by atoms with E-state index >= 15 is 0 Å². The number of urea groups is 1. The van der Waals surface area contributed by atoms with Crippen molar-refractivity contribution in [2.24, 2.45) is 5.92 Å². The Morgan fingerprint density at radius 3 is 2.24 bits per heavy atom. The van der Waals surface area contributed by atoms with Gasteiger partial charge < -0.3 is 14.7 Å². The van der Waals surface area contributed by atoms with Crippen LogP contribution in [0.5, 0.6) is 0 Å². The van der Waals surface area contributed by atoms with Crippen molar-refractivity contribution in [2.45, 2.75) is 26.7 Å². The first-order valence-corrected chi connectivity index (χ1v) is 6.86. The Hall–Kier alpha value is -1.89. The van der Waals surface area contributed by atoms with Crippen molar-refractivity contribution in [3.8, 4) is 0 Å². The van der Waals surface area contributed by atoms with Crippen LogP contribution < -0.4 is 5.32 Å². The predicted molar refractivity (Wildman–Crippen MR) is 75.7 cm³/mol. The molecule has 1 heterocycles. The van der Waals surface area contributed by atoms with E-state index in [9.17, 15) is 14.4 Å². The molecule has 1 fully saturated rings. The molecule has 1 aliphatic heterocycles. The first-order chi connectivity index (χ1) is 9.86. The maximum Gasteiger partial charge on any atom is 0.331 e. The van der Waals surface area contributed by atoms with Crippen LogP contribution in [0.3, 0.4) is 0 Å². The van der Waals surface area contributed by atoms with Gasteiger partial charge in [0.25, 0.3) is 5.91 Å². The summed E-state index contributed by atoms with van der Waals surface area (Å²) in [6.45, 7) is 4.52. The summed E-state index contributed by atoms with van der Waals surface area (Å²) in [4.78, 5) is 36.1. The zero-order chi connectivity index (χ0) is 16.0. The molecular weight excluding hydrogens is 276 g/mol. The van der Waals surface area contributed by atoms with Gasteiger partial charge in [-0.3, -0.25) is 10.1 Å². The summed E-state index contributed by atoms with van der Waals surface area (Å²) in [6.07, 6.45) is 1.66. The van der Waals surface area contributed by atoms with E-state index in [0.717, 1.165) is 12.8 Å². The van der Waals surface area contributed by atoms with Crippen molar-refractivity contribution in [1.29, 1.82) is 0 Å². The summed E-state index contributed by atoms with van der Waals surface area (Å²) in [5, 5.41) is 11.0. The Morgan fingerprint density at radius 2 is 1.76 bits per heavy atom. The third-order valence-electron chi connectivity index (χ3n) is 3.75. The Morgan fingerprint density at radius 1 is 1.19 bits per heavy atom. The van der Waals surface area contributed by atoms with Crippen molar-refractivity contribution in [1.82, 2.24) is 10.2 Å². The molecule has 2 N–H and O–H groups in total. The fraction of sp³-hybridized carbons (Fsp3) is 0.643. The number of carboxylic acids is 1. The van der Waals surface area contributed by atoms with Crippen LogP contribution in [0.2, 0.25) is 0 Å². The number of nitrogens with one attached hydrogen (secondary N) is 1. The average molecular weight is 298 g/mol. The molecule has 0 aliphatic carbocycles. The zero-order valence-corrected chi connectivity index (χ0v) is 12.6. The van der Waals surface area contributed by atoms with Gasteiger partial charge in [0.2, 0.25) is 0 Å². The number of methoxy groups -OCH3 is 1. The summed E-state index contributed by atoms with van der Waals surface area (Å²) in [5.74, 6) is -1.40. The van der Waals surface area contributed by atoms with Crippen LogP contribution >= 0.6 is 0 Å². The van der Waals surface area contributed by atoms with Gasteiger partial charge in [-0.15, -0.1) is 0 Å². The Balaban J connectivity index is 2.53. The number of piperidine rings is 1. The maximum atomic E-state index is 12.0. The Bertz CT molecular complexity index is 450. The van der Waals surface area contributed by atoms with Crippen molar-refractivity contribution in [3.63, 3.8) is 0 Å². The molecule has 0 radical (unpaired) electrons. The number of likely N-dealkylation sites (tertiary alicyclic amines) is 1. The highest BCUT2D eigenvalue weighted by Crippen LogP contribution is 2.17. The fourth-order valence-electron chi connectivity index (χ4n) is 2.14. The lowest BCUT2D eigenvalue weighted by molar-refractivity contribution is -0.133. The average Bonchev–Trinajstić information content (AvgIpc) is 2.46. The number of amides is 3. The van der Waals surface area contributed by atoms with Gasteiger partial charge in [-0.2, -0.15) is 0 Å². The summed E-state index contributed by atoms with van der Waals surface area (Å²) < 4.78 is 5.09. The van der Waals surface area contributed by atoms with Crippen LogP contribution in [0.15, 0.2) is 11.1 Å². The van der Waals surface area contributed by atoms with Crippen molar-refractivity contribution in [2.75, 3.05) is 26.8 Å². The van der Waals surface area contributed by atoms with E-state index in [1.165, 1.54) is 13.8 Å². The second kappa shape index (κ2) is 7.78. The normalized spacial score (nSPS) is 17.2. The molecule has 7 nitrogen and oxygen atoms in total. The number of ether oxygens (including phenoxy) is 1. The molecule has 1 saturated heterocycles. The standard InChI is InChI=1S/C14H22N2O5/c1-9(10(2)13(18)19)12(17)15-14(20)16-6-4-11(5-7-16)8-21-3/h11H,4-8H2,1-3H3,(H,18,19)(H,15,17,20). The number of rotatable bonds is 4. The van der Waals surface area contributed by atoms with Crippen LogP contribution in [-0.4, -0.2) is 54.7 Å². The molecule has 0 spiro atoms. The number of imide groups is 1. The highest BCUT2D eigenvalue weighted by molar-refractivity contribution is 6.07. The van der Waals surface area contributed by atoms with Crippen LogP contribution in [0.1, 0.15) is 26.7 Å². The summed E-state index contributed by atoms with van der Waals surface area (Å²) in [7, 11) is 1.65. The summed E-state index contributed by atoms with van der Waals surface area (Å²) in [5.41, 5.74) is -0.0378. The highest BCUT2D eigenvalue weighted by Gasteiger charge is 2.24. The van der Waals surface area contributed by atoms with E-state index < -0.39 is 17.9 Å². The number of carbonyl (C=O) groups is 3. The lowest BCUT2D eigenvalue weighted by Gasteiger charge is -2.31. The van der Waals surface area contributed by atoms with E-state index in [1.807, 2.05) is 0 Å². The minimum atomic E-state index is -1.17. The molecule has 0 bridgehead atoms. The zero-order valence-electron chi connectivity index (χ0n) is 12.6. The third kappa shape index (κ3) is 4.86. The number of hydrogen-bond acceptors (Lipinski definition) is 4. The van der Waals surface area contributed by atoms with E-state index in [-0.39, 0.29) is 11.1 Å². The molecule has 1 rings (SSSR count). The molecule has 0 atom stereocenters. The predicted octanol–water partition coefficient (Wildman–Crippen LogP) is 1.00. The number of nitrogens with zero attached hydrogens (tertiary/aromatic N) is 1. The maximum absolute atomic E-state index is 12.0. The van der Waals surface area contributed by atoms with Gasteiger partial charge >= 0.3 is 12.0 Å². The van der Waals surface area contributed by atoms with Gasteiger partial charge in [-0.25, -0.2) is 9.59 Å². The van der Waals surface area contributed by atoms with Crippen molar-refractivity contribution >= 4 is 17.9 Å². The molecular formula is C14H22N2O5. The minimum absolute atomic E-state index is 0.0325. The van der Waals surface area contributed by atoms with Crippen molar-refractivity contribution < 1.29 is 24.2 Å². The highest BCUT2D eigenvalue weighted by atomic mass is 16.5. The van der Waals surface area contributed by atoms with Crippen LogP contribution in [0, 0.1) is 5.92 Å². The Kier molecular flexibility index (Phi) is 6.36. The van der Waals surface area contributed by atoms with E-state index in [1.54, 1.807) is 12.0 Å².